The van der Waals surface area contributed by atoms with E-state index < -0.39 is 0 Å². The molecule has 0 amide bonds. The van der Waals surface area contributed by atoms with Gasteiger partial charge in [-0.25, -0.2) is 4.68 Å². The van der Waals surface area contributed by atoms with Crippen molar-refractivity contribution in [3.8, 4) is 5.75 Å². The summed E-state index contributed by atoms with van der Waals surface area (Å²) >= 11 is 11.2. The van der Waals surface area contributed by atoms with E-state index in [0.29, 0.717) is 21.6 Å². The number of nitrogens with zero attached hydrogens (tertiary/aromatic N) is 2. The highest BCUT2D eigenvalue weighted by molar-refractivity contribution is 7.80. The molecule has 1 heterocycles. The largest absolute Gasteiger partial charge is 0.495 e. The molecule has 0 spiro atoms. The molecule has 0 saturated carbocycles. The summed E-state index contributed by atoms with van der Waals surface area (Å²) in [4.78, 5) is 0. The minimum atomic E-state index is 0.462. The van der Waals surface area contributed by atoms with Crippen molar-refractivity contribution in [3.63, 3.8) is 0 Å². The van der Waals surface area contributed by atoms with Crippen LogP contribution in [-0.2, 0) is 0 Å². The van der Waals surface area contributed by atoms with Crippen molar-refractivity contribution in [1.82, 2.24) is 9.78 Å². The van der Waals surface area contributed by atoms with Crippen molar-refractivity contribution in [2.45, 2.75) is 6.92 Å². The second-order valence-electron chi connectivity index (χ2n) is 3.74. The van der Waals surface area contributed by atoms with Gasteiger partial charge in [0.15, 0.2) is 5.11 Å². The van der Waals surface area contributed by atoms with E-state index in [1.165, 1.54) is 0 Å². The molecule has 1 aromatic heterocycles. The van der Waals surface area contributed by atoms with Crippen molar-refractivity contribution in [2.24, 2.45) is 0 Å². The Kier molecular flexibility index (Phi) is 3.84. The smallest absolute Gasteiger partial charge is 0.198 e. The highest BCUT2D eigenvalue weighted by Crippen LogP contribution is 2.27. The maximum Gasteiger partial charge on any atom is 0.198 e. The average Bonchev–Trinajstić information content (AvgIpc) is 2.76. The minimum Gasteiger partial charge on any atom is -0.495 e. The number of hydrogen-bond acceptors (Lipinski definition) is 3. The number of methoxy groups -OCH3 is 1. The first-order valence-electron chi connectivity index (χ1n) is 5.26. The van der Waals surface area contributed by atoms with Crippen LogP contribution in [0.3, 0.4) is 0 Å². The fourth-order valence-corrected chi connectivity index (χ4v) is 1.86. The summed E-state index contributed by atoms with van der Waals surface area (Å²) < 4.78 is 6.82. The van der Waals surface area contributed by atoms with Gasteiger partial charge in [-0.3, -0.25) is 0 Å². The number of benzene rings is 1. The highest BCUT2D eigenvalue weighted by atomic mass is 35.5. The molecular formula is C12H12ClN3OS. The van der Waals surface area contributed by atoms with Crippen LogP contribution in [0.1, 0.15) is 5.56 Å². The molecule has 1 N–H and O–H groups in total. The lowest BCUT2D eigenvalue weighted by molar-refractivity contribution is 0.417. The predicted molar refractivity (Wildman–Crippen MR) is 76.6 cm³/mol. The summed E-state index contributed by atoms with van der Waals surface area (Å²) in [6.07, 6.45) is 3.58. The third-order valence-corrected chi connectivity index (χ3v) is 2.85. The zero-order valence-corrected chi connectivity index (χ0v) is 11.5. The third kappa shape index (κ3) is 2.80. The van der Waals surface area contributed by atoms with Crippen LogP contribution in [0.2, 0.25) is 5.02 Å². The van der Waals surface area contributed by atoms with E-state index in [-0.39, 0.29) is 0 Å². The maximum absolute atomic E-state index is 5.95. The molecule has 0 fully saturated rings. The first-order chi connectivity index (χ1) is 8.60. The quantitative estimate of drug-likeness (QED) is 0.859. The first kappa shape index (κ1) is 12.9. The number of ether oxygens (including phenoxy) is 1. The van der Waals surface area contributed by atoms with Crippen LogP contribution in [0.15, 0.2) is 30.6 Å². The molecule has 6 heteroatoms. The van der Waals surface area contributed by atoms with Gasteiger partial charge >= 0.3 is 0 Å². The molecule has 18 heavy (non-hydrogen) atoms. The second-order valence-corrected chi connectivity index (χ2v) is 4.56. The lowest BCUT2D eigenvalue weighted by Crippen LogP contribution is -2.19. The number of aromatic nitrogens is 2. The Morgan fingerprint density at radius 1 is 1.50 bits per heavy atom. The van der Waals surface area contributed by atoms with Gasteiger partial charge in [-0.1, -0.05) is 11.6 Å². The van der Waals surface area contributed by atoms with Crippen molar-refractivity contribution < 1.29 is 4.74 Å². The third-order valence-electron chi connectivity index (χ3n) is 2.32. The Labute approximate surface area is 116 Å². The standard InChI is InChI=1S/C12H12ClN3OS/c1-8-6-14-16(7-8)12(18)15-10-5-9(13)3-4-11(10)17-2/h3-7H,1-2H3,(H,15,18). The number of hydrogen-bond donors (Lipinski definition) is 1. The van der Waals surface area contributed by atoms with Gasteiger partial charge in [0.2, 0.25) is 0 Å². The van der Waals surface area contributed by atoms with Crippen LogP contribution >= 0.6 is 23.8 Å². The Morgan fingerprint density at radius 2 is 2.28 bits per heavy atom. The molecule has 94 valence electrons. The van der Waals surface area contributed by atoms with E-state index in [2.05, 4.69) is 10.4 Å². The van der Waals surface area contributed by atoms with Gasteiger partial charge in [-0.2, -0.15) is 5.10 Å². The monoisotopic (exact) mass is 281 g/mol. The van der Waals surface area contributed by atoms with Crippen LogP contribution in [0.5, 0.6) is 5.75 Å². The molecule has 1 aromatic carbocycles. The second kappa shape index (κ2) is 5.37. The molecule has 2 aromatic rings. The van der Waals surface area contributed by atoms with Crippen molar-refractivity contribution in [1.29, 1.82) is 0 Å². The number of nitrogens with one attached hydrogen (secondary N) is 1. The molecule has 0 radical (unpaired) electrons. The molecule has 0 bridgehead atoms. The van der Waals surface area contributed by atoms with Crippen LogP contribution in [0.4, 0.5) is 5.69 Å². The predicted octanol–water partition coefficient (Wildman–Crippen LogP) is 3.10. The summed E-state index contributed by atoms with van der Waals surface area (Å²) in [5.41, 5.74) is 1.75. The zero-order valence-electron chi connectivity index (χ0n) is 9.98. The number of halogens is 1. The Balaban J connectivity index is 2.23. The van der Waals surface area contributed by atoms with Crippen LogP contribution in [0, 0.1) is 6.92 Å². The van der Waals surface area contributed by atoms with E-state index >= 15 is 0 Å². The fraction of sp³-hybridized carbons (Fsp3) is 0.167. The number of aryl methyl sites for hydroxylation is 1. The lowest BCUT2D eigenvalue weighted by Gasteiger charge is -2.12. The maximum atomic E-state index is 5.95. The molecule has 0 aliphatic heterocycles. The van der Waals surface area contributed by atoms with Gasteiger partial charge in [0.1, 0.15) is 5.75 Å². The van der Waals surface area contributed by atoms with Gasteiger partial charge in [-0.05, 0) is 42.9 Å². The first-order valence-corrected chi connectivity index (χ1v) is 6.05. The van der Waals surface area contributed by atoms with E-state index in [9.17, 15) is 0 Å². The molecule has 4 nitrogen and oxygen atoms in total. The van der Waals surface area contributed by atoms with E-state index in [1.807, 2.05) is 13.1 Å². The van der Waals surface area contributed by atoms with Crippen molar-refractivity contribution >= 4 is 34.6 Å². The molecule has 0 atom stereocenters. The van der Waals surface area contributed by atoms with Crippen LogP contribution in [-0.4, -0.2) is 22.0 Å². The highest BCUT2D eigenvalue weighted by Gasteiger charge is 2.07. The summed E-state index contributed by atoms with van der Waals surface area (Å²) in [6.45, 7) is 1.95. The van der Waals surface area contributed by atoms with Gasteiger partial charge in [0, 0.05) is 11.2 Å². The Morgan fingerprint density at radius 3 is 2.89 bits per heavy atom. The Hall–Kier alpha value is -1.59. The lowest BCUT2D eigenvalue weighted by atomic mass is 10.3. The van der Waals surface area contributed by atoms with Gasteiger partial charge in [-0.15, -0.1) is 0 Å². The number of anilines is 1. The SMILES string of the molecule is COc1ccc(Cl)cc1NC(=S)n1cc(C)cn1. The van der Waals surface area contributed by atoms with E-state index in [4.69, 9.17) is 28.6 Å². The van der Waals surface area contributed by atoms with E-state index in [0.717, 1.165) is 5.56 Å². The van der Waals surface area contributed by atoms with Gasteiger partial charge in [0.05, 0.1) is 19.0 Å². The zero-order chi connectivity index (χ0) is 13.1. The average molecular weight is 282 g/mol. The minimum absolute atomic E-state index is 0.462. The molecule has 0 unspecified atom stereocenters. The summed E-state index contributed by atoms with van der Waals surface area (Å²) in [5.74, 6) is 0.672. The summed E-state index contributed by atoms with van der Waals surface area (Å²) in [5, 5.41) is 8.25. The van der Waals surface area contributed by atoms with Gasteiger partial charge in [0.25, 0.3) is 0 Å². The topological polar surface area (TPSA) is 39.1 Å². The van der Waals surface area contributed by atoms with E-state index in [1.54, 1.807) is 36.2 Å². The fourth-order valence-electron chi connectivity index (χ4n) is 1.47. The number of thiocarbonyl (C=S) groups is 1. The summed E-state index contributed by atoms with van der Waals surface area (Å²) in [6, 6.07) is 5.29. The molecule has 0 saturated heterocycles. The Bertz CT molecular complexity index is 582. The normalized spacial score (nSPS) is 10.2. The van der Waals surface area contributed by atoms with Crippen LogP contribution < -0.4 is 10.1 Å². The molecule has 0 aliphatic carbocycles. The van der Waals surface area contributed by atoms with Crippen LogP contribution in [0.25, 0.3) is 0 Å². The van der Waals surface area contributed by atoms with Crippen molar-refractivity contribution in [2.75, 3.05) is 12.4 Å². The number of rotatable bonds is 2. The molecule has 2 rings (SSSR count). The molecular weight excluding hydrogens is 270 g/mol. The van der Waals surface area contributed by atoms with Gasteiger partial charge < -0.3 is 10.1 Å². The molecule has 0 aliphatic rings. The summed E-state index contributed by atoms with van der Waals surface area (Å²) in [7, 11) is 1.59. The van der Waals surface area contributed by atoms with Crippen molar-refractivity contribution in [3.05, 3.63) is 41.2 Å².